The number of nitrogens with zero attached hydrogens (tertiary/aromatic N) is 1. The fourth-order valence-electron chi connectivity index (χ4n) is 1.97. The molecule has 19 heavy (non-hydrogen) atoms. The number of pyridine rings is 1. The summed E-state index contributed by atoms with van der Waals surface area (Å²) >= 11 is 0. The van der Waals surface area contributed by atoms with Gasteiger partial charge in [0.25, 0.3) is 0 Å². The summed E-state index contributed by atoms with van der Waals surface area (Å²) in [4.78, 5) is 15.8. The molecule has 0 amide bonds. The Bertz CT molecular complexity index is 435. The van der Waals surface area contributed by atoms with Crippen molar-refractivity contribution in [2.24, 2.45) is 0 Å². The number of aryl methyl sites for hydroxylation is 1. The minimum absolute atomic E-state index is 0.200. The highest BCUT2D eigenvalue weighted by atomic mass is 16.1. The van der Waals surface area contributed by atoms with Gasteiger partial charge in [0, 0.05) is 18.3 Å². The van der Waals surface area contributed by atoms with Crippen LogP contribution in [0.15, 0.2) is 30.5 Å². The van der Waals surface area contributed by atoms with Gasteiger partial charge in [-0.05, 0) is 55.4 Å². The van der Waals surface area contributed by atoms with Gasteiger partial charge >= 0.3 is 0 Å². The zero-order valence-electron chi connectivity index (χ0n) is 12.4. The minimum Gasteiger partial charge on any atom is -0.295 e. The molecule has 1 rings (SSSR count). The predicted molar refractivity (Wildman–Crippen MR) is 80.3 cm³/mol. The molecule has 0 aliphatic heterocycles. The molecule has 1 aromatic heterocycles. The zero-order chi connectivity index (χ0) is 14.3. The summed E-state index contributed by atoms with van der Waals surface area (Å²) in [6.07, 6.45) is 6.80. The third kappa shape index (κ3) is 5.82. The first kappa shape index (κ1) is 15.6. The Kier molecular flexibility index (Phi) is 6.48. The number of carbonyl (C=O) groups is 1. The molecule has 0 bridgehead atoms. The lowest BCUT2D eigenvalue weighted by atomic mass is 10.0. The average Bonchev–Trinajstić information content (AvgIpc) is 2.38. The molecule has 104 valence electrons. The predicted octanol–water partition coefficient (Wildman–Crippen LogP) is 4.45. The maximum absolute atomic E-state index is 11.4. The summed E-state index contributed by atoms with van der Waals surface area (Å²) in [5.74, 6) is 0.680. The van der Waals surface area contributed by atoms with Gasteiger partial charge in [-0.3, -0.25) is 9.78 Å². The van der Waals surface area contributed by atoms with E-state index in [-0.39, 0.29) is 5.78 Å². The number of Topliss-reactive ketones (excluding diaryl/α,β-unsaturated/α-hetero) is 1. The monoisotopic (exact) mass is 259 g/mol. The smallest absolute Gasteiger partial charge is 0.157 e. The molecule has 0 N–H and O–H groups in total. The van der Waals surface area contributed by atoms with Crippen molar-refractivity contribution in [3.63, 3.8) is 0 Å². The molecule has 0 spiro atoms. The lowest BCUT2D eigenvalue weighted by Crippen LogP contribution is -1.98. The van der Waals surface area contributed by atoms with E-state index in [1.807, 2.05) is 6.20 Å². The van der Waals surface area contributed by atoms with Crippen LogP contribution in [0.2, 0.25) is 0 Å². The number of allylic oxidation sites excluding steroid dienone is 1. The van der Waals surface area contributed by atoms with Gasteiger partial charge in [-0.2, -0.15) is 0 Å². The molecule has 0 aliphatic rings. The Morgan fingerprint density at radius 1 is 1.32 bits per heavy atom. The Labute approximate surface area is 117 Å². The summed E-state index contributed by atoms with van der Waals surface area (Å²) in [6, 6.07) is 4.29. The van der Waals surface area contributed by atoms with Gasteiger partial charge in [-0.25, -0.2) is 0 Å². The minimum atomic E-state index is 0.200. The van der Waals surface area contributed by atoms with Crippen molar-refractivity contribution in [1.82, 2.24) is 4.98 Å². The van der Waals surface area contributed by atoms with E-state index >= 15 is 0 Å². The molecule has 0 fully saturated rings. The van der Waals surface area contributed by atoms with Crippen molar-refractivity contribution < 1.29 is 4.79 Å². The van der Waals surface area contributed by atoms with Crippen LogP contribution in [0.3, 0.4) is 0 Å². The van der Waals surface area contributed by atoms with E-state index in [2.05, 4.69) is 37.5 Å². The number of hydrogen-bond donors (Lipinski definition) is 0. The van der Waals surface area contributed by atoms with Crippen molar-refractivity contribution in [1.29, 1.82) is 0 Å². The van der Waals surface area contributed by atoms with E-state index in [1.54, 1.807) is 6.92 Å². The number of hydrogen-bond acceptors (Lipinski definition) is 2. The zero-order valence-corrected chi connectivity index (χ0v) is 12.4. The lowest BCUT2D eigenvalue weighted by molar-refractivity contribution is -0.115. The first-order chi connectivity index (χ1) is 9.00. The molecule has 0 aromatic carbocycles. The fourth-order valence-corrected chi connectivity index (χ4v) is 1.97. The van der Waals surface area contributed by atoms with Crippen LogP contribution in [0.25, 0.3) is 0 Å². The first-order valence-electron chi connectivity index (χ1n) is 7.14. The number of rotatable bonds is 8. The second-order valence-electron chi connectivity index (χ2n) is 5.51. The molecule has 1 aromatic rings. The molecule has 0 unspecified atom stereocenters. The van der Waals surface area contributed by atoms with Crippen LogP contribution >= 0.6 is 0 Å². The quantitative estimate of drug-likeness (QED) is 0.510. The summed E-state index contributed by atoms with van der Waals surface area (Å²) in [6.45, 7) is 9.78. The van der Waals surface area contributed by atoms with E-state index in [0.717, 1.165) is 31.4 Å². The van der Waals surface area contributed by atoms with Crippen molar-refractivity contribution in [3.05, 3.63) is 41.7 Å². The Morgan fingerprint density at radius 3 is 2.68 bits per heavy atom. The SMILES string of the molecule is C=C(C)C(=O)CCCCCc1ccnc(C(C)C)c1. The van der Waals surface area contributed by atoms with Gasteiger partial charge in [0.2, 0.25) is 0 Å². The molecule has 0 saturated carbocycles. The van der Waals surface area contributed by atoms with E-state index in [1.165, 1.54) is 5.56 Å². The van der Waals surface area contributed by atoms with Gasteiger partial charge in [0.05, 0.1) is 0 Å². The summed E-state index contributed by atoms with van der Waals surface area (Å²) in [5, 5.41) is 0. The number of aromatic nitrogens is 1. The summed E-state index contributed by atoms with van der Waals surface area (Å²) in [5.41, 5.74) is 3.19. The number of ketones is 1. The molecule has 0 radical (unpaired) electrons. The second kappa shape index (κ2) is 7.88. The highest BCUT2D eigenvalue weighted by molar-refractivity contribution is 5.93. The largest absolute Gasteiger partial charge is 0.295 e. The van der Waals surface area contributed by atoms with Crippen LogP contribution in [0.1, 0.15) is 63.6 Å². The third-order valence-electron chi connectivity index (χ3n) is 3.28. The molecule has 0 aliphatic carbocycles. The standard InChI is InChI=1S/C17H25NO/c1-13(2)16-12-15(10-11-18-16)8-6-5-7-9-17(19)14(3)4/h10-13H,3,5-9H2,1-2,4H3. The van der Waals surface area contributed by atoms with Gasteiger partial charge < -0.3 is 0 Å². The van der Waals surface area contributed by atoms with Gasteiger partial charge in [0.15, 0.2) is 5.78 Å². The lowest BCUT2D eigenvalue weighted by Gasteiger charge is -2.07. The van der Waals surface area contributed by atoms with Crippen molar-refractivity contribution in [2.75, 3.05) is 0 Å². The topological polar surface area (TPSA) is 30.0 Å². The highest BCUT2D eigenvalue weighted by Crippen LogP contribution is 2.15. The third-order valence-corrected chi connectivity index (χ3v) is 3.28. The van der Waals surface area contributed by atoms with Crippen molar-refractivity contribution >= 4 is 5.78 Å². The number of unbranched alkanes of at least 4 members (excludes halogenated alkanes) is 2. The van der Waals surface area contributed by atoms with Gasteiger partial charge in [0.1, 0.15) is 0 Å². The fraction of sp³-hybridized carbons (Fsp3) is 0.529. The molecule has 1 heterocycles. The molecule has 0 atom stereocenters. The van der Waals surface area contributed by atoms with Crippen molar-refractivity contribution in [2.45, 2.75) is 58.8 Å². The maximum Gasteiger partial charge on any atom is 0.157 e. The number of carbonyl (C=O) groups excluding carboxylic acids is 1. The molecule has 2 heteroatoms. The maximum atomic E-state index is 11.4. The first-order valence-corrected chi connectivity index (χ1v) is 7.14. The Hall–Kier alpha value is -1.44. The van der Waals surface area contributed by atoms with E-state index < -0.39 is 0 Å². The van der Waals surface area contributed by atoms with Gasteiger partial charge in [-0.1, -0.05) is 26.8 Å². The summed E-state index contributed by atoms with van der Waals surface area (Å²) < 4.78 is 0. The van der Waals surface area contributed by atoms with Crippen LogP contribution in [-0.2, 0) is 11.2 Å². The van der Waals surface area contributed by atoms with Crippen LogP contribution in [0.5, 0.6) is 0 Å². The van der Waals surface area contributed by atoms with Crippen molar-refractivity contribution in [3.8, 4) is 0 Å². The molecule has 2 nitrogen and oxygen atoms in total. The molecule has 0 saturated heterocycles. The van der Waals surface area contributed by atoms with Crippen LogP contribution < -0.4 is 0 Å². The normalized spacial score (nSPS) is 10.7. The van der Waals surface area contributed by atoms with Crippen LogP contribution in [-0.4, -0.2) is 10.8 Å². The average molecular weight is 259 g/mol. The molecular weight excluding hydrogens is 234 g/mol. The highest BCUT2D eigenvalue weighted by Gasteiger charge is 2.03. The van der Waals surface area contributed by atoms with Crippen LogP contribution in [0, 0.1) is 0 Å². The Morgan fingerprint density at radius 2 is 2.05 bits per heavy atom. The van der Waals surface area contributed by atoms with E-state index in [4.69, 9.17) is 0 Å². The second-order valence-corrected chi connectivity index (χ2v) is 5.51. The Balaban J connectivity index is 2.28. The summed E-state index contributed by atoms with van der Waals surface area (Å²) in [7, 11) is 0. The van der Waals surface area contributed by atoms with E-state index in [0.29, 0.717) is 17.9 Å². The molecular formula is C17H25NO. The van der Waals surface area contributed by atoms with Crippen LogP contribution in [0.4, 0.5) is 0 Å². The van der Waals surface area contributed by atoms with E-state index in [9.17, 15) is 4.79 Å². The van der Waals surface area contributed by atoms with Gasteiger partial charge in [-0.15, -0.1) is 0 Å².